The van der Waals surface area contributed by atoms with E-state index in [1.165, 1.54) is 12.1 Å². The topological polar surface area (TPSA) is 21.3 Å². The average Bonchev–Trinajstić information content (AvgIpc) is 2.10. The highest BCUT2D eigenvalue weighted by atomic mass is 127. The van der Waals surface area contributed by atoms with Crippen LogP contribution in [0.3, 0.4) is 0 Å². The van der Waals surface area contributed by atoms with E-state index in [-0.39, 0.29) is 11.9 Å². The van der Waals surface area contributed by atoms with Crippen molar-refractivity contribution in [3.8, 4) is 0 Å². The molecule has 14 heavy (non-hydrogen) atoms. The van der Waals surface area contributed by atoms with Gasteiger partial charge in [0, 0.05) is 22.4 Å². The maximum Gasteiger partial charge on any atom is 0.124 e. The molecule has 1 N–H and O–H groups in total. The molecule has 1 atom stereocenters. The summed E-state index contributed by atoms with van der Waals surface area (Å²) in [4.78, 5) is 0. The Morgan fingerprint density at radius 3 is 2.86 bits per heavy atom. The van der Waals surface area contributed by atoms with E-state index >= 15 is 0 Å². The summed E-state index contributed by atoms with van der Waals surface area (Å²) in [6.07, 6.45) is 0. The van der Waals surface area contributed by atoms with Crippen molar-refractivity contribution in [2.75, 3.05) is 19.0 Å². The highest BCUT2D eigenvalue weighted by Gasteiger charge is 2.05. The molecule has 78 valence electrons. The van der Waals surface area contributed by atoms with Gasteiger partial charge in [-0.1, -0.05) is 0 Å². The van der Waals surface area contributed by atoms with Crippen LogP contribution in [-0.2, 0) is 4.74 Å². The molecule has 4 heteroatoms. The lowest BCUT2D eigenvalue weighted by Crippen LogP contribution is -2.21. The Balaban J connectivity index is 2.67. The van der Waals surface area contributed by atoms with Crippen molar-refractivity contribution < 1.29 is 9.13 Å². The second-order valence-corrected chi connectivity index (χ2v) is 4.29. The molecule has 0 saturated carbocycles. The lowest BCUT2D eigenvalue weighted by Gasteiger charge is -2.15. The van der Waals surface area contributed by atoms with E-state index < -0.39 is 0 Å². The molecule has 0 aliphatic rings. The molecule has 1 unspecified atom stereocenters. The largest absolute Gasteiger partial charge is 0.383 e. The van der Waals surface area contributed by atoms with Crippen molar-refractivity contribution in [2.24, 2.45) is 0 Å². The van der Waals surface area contributed by atoms with E-state index in [0.717, 1.165) is 9.26 Å². The van der Waals surface area contributed by atoms with Crippen LogP contribution in [0.2, 0.25) is 0 Å². The molecule has 0 amide bonds. The smallest absolute Gasteiger partial charge is 0.124 e. The molecule has 1 aromatic rings. The molecular formula is C10H13FINO. The molecule has 1 rings (SSSR count). The summed E-state index contributed by atoms with van der Waals surface area (Å²) in [6.45, 7) is 2.65. The van der Waals surface area contributed by atoms with Gasteiger partial charge in [0.1, 0.15) is 5.82 Å². The van der Waals surface area contributed by atoms with Crippen LogP contribution >= 0.6 is 22.6 Å². The molecule has 0 aromatic heterocycles. The van der Waals surface area contributed by atoms with Crippen molar-refractivity contribution >= 4 is 28.3 Å². The third-order valence-electron chi connectivity index (χ3n) is 1.75. The quantitative estimate of drug-likeness (QED) is 0.864. The summed E-state index contributed by atoms with van der Waals surface area (Å²) >= 11 is 2.10. The van der Waals surface area contributed by atoms with Gasteiger partial charge in [0.15, 0.2) is 0 Å². The Morgan fingerprint density at radius 1 is 1.57 bits per heavy atom. The lowest BCUT2D eigenvalue weighted by molar-refractivity contribution is 0.190. The first-order valence-electron chi connectivity index (χ1n) is 4.34. The Morgan fingerprint density at radius 2 is 2.29 bits per heavy atom. The van der Waals surface area contributed by atoms with Gasteiger partial charge >= 0.3 is 0 Å². The van der Waals surface area contributed by atoms with Crippen LogP contribution in [0.25, 0.3) is 0 Å². The van der Waals surface area contributed by atoms with Gasteiger partial charge in [0.2, 0.25) is 0 Å². The Bertz CT molecular complexity index is 306. The fourth-order valence-electron chi connectivity index (χ4n) is 1.16. The predicted octanol–water partition coefficient (Wildman–Crippen LogP) is 2.88. The van der Waals surface area contributed by atoms with Crippen LogP contribution in [-0.4, -0.2) is 19.8 Å². The zero-order chi connectivity index (χ0) is 10.6. The summed E-state index contributed by atoms with van der Waals surface area (Å²) in [7, 11) is 1.66. The van der Waals surface area contributed by atoms with Crippen LogP contribution in [0.5, 0.6) is 0 Å². The van der Waals surface area contributed by atoms with E-state index in [1.54, 1.807) is 13.2 Å². The number of rotatable bonds is 4. The molecular weight excluding hydrogens is 296 g/mol. The van der Waals surface area contributed by atoms with Gasteiger partial charge in [-0.2, -0.15) is 0 Å². The number of ether oxygens (including phenoxy) is 1. The Hall–Kier alpha value is -0.360. The normalized spacial score (nSPS) is 12.6. The van der Waals surface area contributed by atoms with Gasteiger partial charge in [-0.05, 0) is 47.7 Å². The summed E-state index contributed by atoms with van der Waals surface area (Å²) in [5.74, 6) is -0.209. The zero-order valence-electron chi connectivity index (χ0n) is 8.18. The first-order chi connectivity index (χ1) is 6.63. The first-order valence-corrected chi connectivity index (χ1v) is 5.42. The number of hydrogen-bond donors (Lipinski definition) is 1. The van der Waals surface area contributed by atoms with Crippen LogP contribution in [0.1, 0.15) is 6.92 Å². The highest BCUT2D eigenvalue weighted by molar-refractivity contribution is 14.1. The summed E-state index contributed by atoms with van der Waals surface area (Å²) in [5.41, 5.74) is 0.941. The van der Waals surface area contributed by atoms with Crippen LogP contribution in [0, 0.1) is 9.39 Å². The van der Waals surface area contributed by atoms with E-state index in [1.807, 2.05) is 6.92 Å². The molecule has 1 aromatic carbocycles. The van der Waals surface area contributed by atoms with Gasteiger partial charge in [0.05, 0.1) is 6.61 Å². The summed E-state index contributed by atoms with van der Waals surface area (Å²) in [5, 5.41) is 3.24. The van der Waals surface area contributed by atoms with Gasteiger partial charge in [-0.15, -0.1) is 0 Å². The third kappa shape index (κ3) is 3.42. The molecule has 0 radical (unpaired) electrons. The predicted molar refractivity (Wildman–Crippen MR) is 64.1 cm³/mol. The number of halogens is 2. The third-order valence-corrected chi connectivity index (χ3v) is 2.64. The van der Waals surface area contributed by atoms with Gasteiger partial charge in [-0.3, -0.25) is 0 Å². The number of hydrogen-bond acceptors (Lipinski definition) is 2. The minimum Gasteiger partial charge on any atom is -0.383 e. The molecule has 0 spiro atoms. The fraction of sp³-hybridized carbons (Fsp3) is 0.400. The second-order valence-electron chi connectivity index (χ2n) is 3.12. The SMILES string of the molecule is COCC(C)Nc1ccc(F)cc1I. The van der Waals surface area contributed by atoms with E-state index in [9.17, 15) is 4.39 Å². The summed E-state index contributed by atoms with van der Waals surface area (Å²) in [6, 6.07) is 4.91. The van der Waals surface area contributed by atoms with E-state index in [0.29, 0.717) is 6.61 Å². The average molecular weight is 309 g/mol. The number of methoxy groups -OCH3 is 1. The Kier molecular flexibility index (Phi) is 4.60. The number of anilines is 1. The molecule has 0 bridgehead atoms. The number of nitrogens with one attached hydrogen (secondary N) is 1. The molecule has 0 heterocycles. The monoisotopic (exact) mass is 309 g/mol. The highest BCUT2D eigenvalue weighted by Crippen LogP contribution is 2.19. The van der Waals surface area contributed by atoms with E-state index in [2.05, 4.69) is 27.9 Å². The van der Waals surface area contributed by atoms with Crippen molar-refractivity contribution in [1.29, 1.82) is 0 Å². The van der Waals surface area contributed by atoms with Gasteiger partial charge in [-0.25, -0.2) is 4.39 Å². The minimum absolute atomic E-state index is 0.209. The standard InChI is InChI=1S/C10H13FINO/c1-7(6-14-2)13-10-4-3-8(11)5-9(10)12/h3-5,7,13H,6H2,1-2H3. The second kappa shape index (κ2) is 5.50. The lowest BCUT2D eigenvalue weighted by atomic mass is 10.2. The Labute approximate surface area is 97.0 Å². The summed E-state index contributed by atoms with van der Waals surface area (Å²) < 4.78 is 18.7. The van der Waals surface area contributed by atoms with E-state index in [4.69, 9.17) is 4.74 Å². The van der Waals surface area contributed by atoms with Crippen LogP contribution in [0.4, 0.5) is 10.1 Å². The van der Waals surface area contributed by atoms with Crippen molar-refractivity contribution in [3.63, 3.8) is 0 Å². The molecule has 0 saturated heterocycles. The van der Waals surface area contributed by atoms with Crippen molar-refractivity contribution in [1.82, 2.24) is 0 Å². The zero-order valence-corrected chi connectivity index (χ0v) is 10.3. The van der Waals surface area contributed by atoms with Gasteiger partial charge < -0.3 is 10.1 Å². The molecule has 2 nitrogen and oxygen atoms in total. The maximum absolute atomic E-state index is 12.8. The minimum atomic E-state index is -0.209. The van der Waals surface area contributed by atoms with Crippen molar-refractivity contribution in [3.05, 3.63) is 27.6 Å². The van der Waals surface area contributed by atoms with Gasteiger partial charge in [0.25, 0.3) is 0 Å². The first kappa shape index (κ1) is 11.7. The fourth-order valence-corrected chi connectivity index (χ4v) is 1.80. The maximum atomic E-state index is 12.8. The van der Waals surface area contributed by atoms with Crippen LogP contribution < -0.4 is 5.32 Å². The van der Waals surface area contributed by atoms with Crippen LogP contribution in [0.15, 0.2) is 18.2 Å². The molecule has 0 aliphatic heterocycles. The van der Waals surface area contributed by atoms with Crippen molar-refractivity contribution in [2.45, 2.75) is 13.0 Å². The molecule has 0 aliphatic carbocycles. The number of benzene rings is 1. The molecule has 0 fully saturated rings.